The van der Waals surface area contributed by atoms with Crippen molar-refractivity contribution in [2.45, 2.75) is 31.6 Å². The van der Waals surface area contributed by atoms with Crippen LogP contribution in [0.2, 0.25) is 0 Å². The number of benzene rings is 2. The van der Waals surface area contributed by atoms with Crippen LogP contribution in [0.3, 0.4) is 0 Å². The van der Waals surface area contributed by atoms with E-state index in [9.17, 15) is 14.4 Å². The van der Waals surface area contributed by atoms with E-state index in [-0.39, 0.29) is 48.8 Å². The molecule has 0 atom stereocenters. The van der Waals surface area contributed by atoms with Gasteiger partial charge in [0.15, 0.2) is 5.78 Å². The molecule has 3 rings (SSSR count). The van der Waals surface area contributed by atoms with Gasteiger partial charge in [0.25, 0.3) is 0 Å². The molecule has 0 saturated heterocycles. The van der Waals surface area contributed by atoms with Crippen molar-refractivity contribution in [1.82, 2.24) is 10.6 Å². The Bertz CT molecular complexity index is 978. The van der Waals surface area contributed by atoms with E-state index in [1.165, 1.54) is 11.3 Å². The molecule has 32 heavy (non-hydrogen) atoms. The monoisotopic (exact) mass is 448 g/mol. The van der Waals surface area contributed by atoms with E-state index in [0.717, 1.165) is 11.1 Å². The van der Waals surface area contributed by atoms with Gasteiger partial charge in [-0.1, -0.05) is 66.7 Å². The standard InChI is InChI=1S/C26H28N2O3S/c1-26(20-9-4-2-5-10-20,21-11-6-3-7-12-21)19-28-25(31)16-17-27-24(30)15-14-22(29)23-13-8-18-32-23/h2-13,18H,14-17,19H2,1H3,(H,27,30)(H,28,31). The Hall–Kier alpha value is -3.25. The molecule has 0 spiro atoms. The number of carbonyl (C=O) groups is 3. The Kier molecular flexibility index (Phi) is 8.34. The summed E-state index contributed by atoms with van der Waals surface area (Å²) in [7, 11) is 0. The normalized spacial score (nSPS) is 11.0. The summed E-state index contributed by atoms with van der Waals surface area (Å²) in [6.45, 7) is 2.80. The molecule has 166 valence electrons. The van der Waals surface area contributed by atoms with Crippen LogP contribution in [-0.4, -0.2) is 30.7 Å². The Morgan fingerprint density at radius 1 is 0.750 bits per heavy atom. The van der Waals surface area contributed by atoms with Gasteiger partial charge in [-0.05, 0) is 29.5 Å². The topological polar surface area (TPSA) is 75.3 Å². The summed E-state index contributed by atoms with van der Waals surface area (Å²) < 4.78 is 0. The van der Waals surface area contributed by atoms with E-state index in [1.54, 1.807) is 6.07 Å². The predicted molar refractivity (Wildman–Crippen MR) is 128 cm³/mol. The summed E-state index contributed by atoms with van der Waals surface area (Å²) in [5.41, 5.74) is 1.87. The Morgan fingerprint density at radius 3 is 1.91 bits per heavy atom. The molecule has 2 N–H and O–H groups in total. The van der Waals surface area contributed by atoms with Crippen molar-refractivity contribution in [3.63, 3.8) is 0 Å². The molecule has 1 heterocycles. The van der Waals surface area contributed by atoms with E-state index < -0.39 is 0 Å². The van der Waals surface area contributed by atoms with Crippen molar-refractivity contribution in [1.29, 1.82) is 0 Å². The first kappa shape index (κ1) is 23.4. The number of nitrogens with one attached hydrogen (secondary N) is 2. The van der Waals surface area contributed by atoms with Gasteiger partial charge >= 0.3 is 0 Å². The molecule has 0 radical (unpaired) electrons. The molecule has 0 aliphatic heterocycles. The molecule has 6 heteroatoms. The number of rotatable bonds is 11. The number of hydrogen-bond donors (Lipinski definition) is 2. The lowest BCUT2D eigenvalue weighted by atomic mass is 9.76. The Morgan fingerprint density at radius 2 is 1.34 bits per heavy atom. The van der Waals surface area contributed by atoms with Crippen LogP contribution in [0.25, 0.3) is 0 Å². The zero-order valence-electron chi connectivity index (χ0n) is 18.2. The molecule has 0 aliphatic carbocycles. The van der Waals surface area contributed by atoms with Crippen LogP contribution in [0.4, 0.5) is 0 Å². The van der Waals surface area contributed by atoms with Gasteiger partial charge in [-0.3, -0.25) is 14.4 Å². The molecule has 0 aliphatic rings. The van der Waals surface area contributed by atoms with Crippen molar-refractivity contribution < 1.29 is 14.4 Å². The second kappa shape index (κ2) is 11.4. The van der Waals surface area contributed by atoms with Gasteiger partial charge in [-0.25, -0.2) is 0 Å². The van der Waals surface area contributed by atoms with Gasteiger partial charge in [0.05, 0.1) is 4.88 Å². The van der Waals surface area contributed by atoms with Crippen LogP contribution in [0.15, 0.2) is 78.2 Å². The maximum Gasteiger partial charge on any atom is 0.221 e. The van der Waals surface area contributed by atoms with E-state index >= 15 is 0 Å². The van der Waals surface area contributed by atoms with E-state index in [1.807, 2.05) is 47.8 Å². The number of hydrogen-bond acceptors (Lipinski definition) is 4. The minimum atomic E-state index is -0.371. The summed E-state index contributed by atoms with van der Waals surface area (Å²) in [4.78, 5) is 37.1. The first-order chi connectivity index (χ1) is 15.5. The fraction of sp³-hybridized carbons (Fsp3) is 0.269. The van der Waals surface area contributed by atoms with Gasteiger partial charge in [0, 0.05) is 37.8 Å². The van der Waals surface area contributed by atoms with Crippen LogP contribution in [0.5, 0.6) is 0 Å². The number of thiophene rings is 1. The third-order valence-corrected chi connectivity index (χ3v) is 6.42. The SMILES string of the molecule is CC(CNC(=O)CCNC(=O)CCC(=O)c1cccs1)(c1ccccc1)c1ccccc1. The zero-order valence-corrected chi connectivity index (χ0v) is 19.0. The van der Waals surface area contributed by atoms with Gasteiger partial charge in [-0.15, -0.1) is 11.3 Å². The average molecular weight is 449 g/mol. The fourth-order valence-corrected chi connectivity index (χ4v) is 4.23. The second-order valence-corrected chi connectivity index (χ2v) is 8.79. The van der Waals surface area contributed by atoms with E-state index in [0.29, 0.717) is 11.4 Å². The number of amides is 2. The van der Waals surface area contributed by atoms with Crippen molar-refractivity contribution in [3.8, 4) is 0 Å². The molecule has 2 amide bonds. The summed E-state index contributed by atoms with van der Waals surface area (Å²) in [6.07, 6.45) is 0.480. The highest BCUT2D eigenvalue weighted by Gasteiger charge is 2.29. The molecular formula is C26H28N2O3S. The van der Waals surface area contributed by atoms with Crippen molar-refractivity contribution in [3.05, 3.63) is 94.2 Å². The number of carbonyl (C=O) groups excluding carboxylic acids is 3. The maximum absolute atomic E-state index is 12.4. The highest BCUT2D eigenvalue weighted by atomic mass is 32.1. The van der Waals surface area contributed by atoms with Gasteiger partial charge in [0.1, 0.15) is 0 Å². The lowest BCUT2D eigenvalue weighted by Crippen LogP contribution is -2.40. The quantitative estimate of drug-likeness (QED) is 0.429. The van der Waals surface area contributed by atoms with Gasteiger partial charge in [0.2, 0.25) is 11.8 Å². The largest absolute Gasteiger partial charge is 0.356 e. The highest BCUT2D eigenvalue weighted by Crippen LogP contribution is 2.31. The third kappa shape index (κ3) is 6.37. The maximum atomic E-state index is 12.4. The van der Waals surface area contributed by atoms with Crippen LogP contribution in [0.1, 0.15) is 47.0 Å². The van der Waals surface area contributed by atoms with Crippen molar-refractivity contribution in [2.24, 2.45) is 0 Å². The molecular weight excluding hydrogens is 420 g/mol. The summed E-state index contributed by atoms with van der Waals surface area (Å²) in [6, 6.07) is 23.8. The van der Waals surface area contributed by atoms with Gasteiger partial charge in [-0.2, -0.15) is 0 Å². The Balaban J connectivity index is 1.46. The Labute approximate surface area is 192 Å². The number of ketones is 1. The van der Waals surface area contributed by atoms with Gasteiger partial charge < -0.3 is 10.6 Å². The first-order valence-corrected chi connectivity index (χ1v) is 11.6. The van der Waals surface area contributed by atoms with Crippen LogP contribution in [0, 0.1) is 0 Å². The predicted octanol–water partition coefficient (Wildman–Crippen LogP) is 4.34. The highest BCUT2D eigenvalue weighted by molar-refractivity contribution is 7.12. The summed E-state index contributed by atoms with van der Waals surface area (Å²) in [5.74, 6) is -0.381. The van der Waals surface area contributed by atoms with Crippen LogP contribution < -0.4 is 10.6 Å². The molecule has 3 aromatic rings. The second-order valence-electron chi connectivity index (χ2n) is 7.84. The summed E-state index contributed by atoms with van der Waals surface area (Å²) >= 11 is 1.37. The molecule has 0 unspecified atom stereocenters. The molecule has 0 fully saturated rings. The zero-order chi connectivity index (χ0) is 22.8. The molecule has 1 aromatic heterocycles. The molecule has 0 bridgehead atoms. The lowest BCUT2D eigenvalue weighted by molar-refractivity contribution is -0.122. The summed E-state index contributed by atoms with van der Waals surface area (Å²) in [5, 5.41) is 7.59. The smallest absolute Gasteiger partial charge is 0.221 e. The van der Waals surface area contributed by atoms with Crippen molar-refractivity contribution in [2.75, 3.05) is 13.1 Å². The third-order valence-electron chi connectivity index (χ3n) is 5.51. The minimum absolute atomic E-state index is 0.0333. The van der Waals surface area contributed by atoms with Crippen LogP contribution >= 0.6 is 11.3 Å². The number of Topliss-reactive ketones (excluding diaryl/α,β-unsaturated/α-hetero) is 1. The average Bonchev–Trinajstić information content (AvgIpc) is 3.37. The van der Waals surface area contributed by atoms with Crippen LogP contribution in [-0.2, 0) is 15.0 Å². The molecule has 0 saturated carbocycles. The minimum Gasteiger partial charge on any atom is -0.356 e. The van der Waals surface area contributed by atoms with E-state index in [2.05, 4.69) is 41.8 Å². The van der Waals surface area contributed by atoms with E-state index in [4.69, 9.17) is 0 Å². The fourth-order valence-electron chi connectivity index (χ4n) is 3.54. The van der Waals surface area contributed by atoms with Crippen molar-refractivity contribution >= 4 is 28.9 Å². The first-order valence-electron chi connectivity index (χ1n) is 10.7. The lowest BCUT2D eigenvalue weighted by Gasteiger charge is -2.31. The molecule has 5 nitrogen and oxygen atoms in total. The molecule has 2 aromatic carbocycles.